The molecule has 4 nitrogen and oxygen atoms in total. The Bertz CT molecular complexity index is 621. The van der Waals surface area contributed by atoms with Crippen molar-refractivity contribution in [2.45, 2.75) is 57.3 Å². The third-order valence-corrected chi connectivity index (χ3v) is 4.89. The Morgan fingerprint density at radius 1 is 1.28 bits per heavy atom. The average molecular weight is 356 g/mol. The molecule has 1 aromatic rings. The smallest absolute Gasteiger partial charge is 0.422 e. The number of hydrogen-bond acceptors (Lipinski definition) is 3. The van der Waals surface area contributed by atoms with E-state index < -0.39 is 12.8 Å². The summed E-state index contributed by atoms with van der Waals surface area (Å²) in [4.78, 5) is 12.3. The van der Waals surface area contributed by atoms with Crippen molar-refractivity contribution in [2.24, 2.45) is 5.92 Å². The van der Waals surface area contributed by atoms with E-state index in [1.807, 2.05) is 0 Å². The normalized spacial score (nSPS) is 25.7. The van der Waals surface area contributed by atoms with Crippen molar-refractivity contribution in [3.8, 4) is 5.75 Å². The average Bonchev–Trinajstić information content (AvgIpc) is 2.84. The number of piperidine rings is 1. The molecule has 2 N–H and O–H groups in total. The first-order valence-electron chi connectivity index (χ1n) is 8.64. The number of hydrogen-bond donors (Lipinski definition) is 2. The fourth-order valence-electron chi connectivity index (χ4n) is 3.86. The number of carbonyl (C=O) groups is 1. The highest BCUT2D eigenvalue weighted by Crippen LogP contribution is 2.33. The Labute approximate surface area is 145 Å². The quantitative estimate of drug-likeness (QED) is 0.844. The van der Waals surface area contributed by atoms with Gasteiger partial charge in [-0.05, 0) is 62.3 Å². The standard InChI is InChI=1S/C18H23F3N2O2/c1-11-6-13(4-5-16(11)25-10-18(19,20)21)23-17(24)9-12-7-14-2-3-15(8-12)22-14/h4-6,12,14-15,22H,2-3,7-10H2,1H3,(H,23,24). The molecular formula is C18H23F3N2O2. The summed E-state index contributed by atoms with van der Waals surface area (Å²) >= 11 is 0. The van der Waals surface area contributed by atoms with Crippen LogP contribution in [0.4, 0.5) is 18.9 Å². The van der Waals surface area contributed by atoms with Gasteiger partial charge in [0.25, 0.3) is 0 Å². The second-order valence-corrected chi connectivity index (χ2v) is 7.11. The van der Waals surface area contributed by atoms with E-state index in [2.05, 4.69) is 10.6 Å². The van der Waals surface area contributed by atoms with Gasteiger partial charge in [-0.15, -0.1) is 0 Å². The predicted octanol–water partition coefficient (Wildman–Crippen LogP) is 3.80. The Morgan fingerprint density at radius 3 is 2.56 bits per heavy atom. The first-order chi connectivity index (χ1) is 11.8. The van der Waals surface area contributed by atoms with Gasteiger partial charge in [0.1, 0.15) is 5.75 Å². The van der Waals surface area contributed by atoms with Gasteiger partial charge in [-0.25, -0.2) is 0 Å². The number of anilines is 1. The number of nitrogens with one attached hydrogen (secondary N) is 2. The van der Waals surface area contributed by atoms with Gasteiger partial charge in [0.05, 0.1) is 0 Å². The van der Waals surface area contributed by atoms with Gasteiger partial charge in [0.15, 0.2) is 6.61 Å². The van der Waals surface area contributed by atoms with Crippen molar-refractivity contribution in [3.63, 3.8) is 0 Å². The monoisotopic (exact) mass is 356 g/mol. The number of amides is 1. The minimum absolute atomic E-state index is 0.0466. The molecule has 2 atom stereocenters. The first kappa shape index (κ1) is 18.0. The van der Waals surface area contributed by atoms with Crippen LogP contribution in [-0.4, -0.2) is 30.8 Å². The van der Waals surface area contributed by atoms with Gasteiger partial charge >= 0.3 is 6.18 Å². The third-order valence-electron chi connectivity index (χ3n) is 4.89. The number of halogens is 3. The zero-order valence-corrected chi connectivity index (χ0v) is 14.2. The summed E-state index contributed by atoms with van der Waals surface area (Å²) in [5, 5.41) is 6.40. The van der Waals surface area contributed by atoms with Crippen LogP contribution in [0.1, 0.15) is 37.7 Å². The molecule has 2 aliphatic rings. The molecule has 2 unspecified atom stereocenters. The molecule has 2 aliphatic heterocycles. The molecule has 2 fully saturated rings. The zero-order valence-electron chi connectivity index (χ0n) is 14.2. The van der Waals surface area contributed by atoms with E-state index in [4.69, 9.17) is 4.74 Å². The molecule has 0 aromatic heterocycles. The van der Waals surface area contributed by atoms with E-state index in [1.165, 1.54) is 18.9 Å². The van der Waals surface area contributed by atoms with Crippen LogP contribution < -0.4 is 15.4 Å². The predicted molar refractivity (Wildman–Crippen MR) is 88.6 cm³/mol. The number of alkyl halides is 3. The van der Waals surface area contributed by atoms with E-state index in [0.29, 0.717) is 35.7 Å². The van der Waals surface area contributed by atoms with E-state index in [9.17, 15) is 18.0 Å². The molecule has 0 spiro atoms. The maximum absolute atomic E-state index is 12.3. The van der Waals surface area contributed by atoms with Crippen LogP contribution in [0.2, 0.25) is 0 Å². The van der Waals surface area contributed by atoms with E-state index in [-0.39, 0.29) is 11.7 Å². The second-order valence-electron chi connectivity index (χ2n) is 7.11. The molecule has 2 bridgehead atoms. The molecule has 0 saturated carbocycles. The van der Waals surface area contributed by atoms with Crippen LogP contribution in [0.15, 0.2) is 18.2 Å². The summed E-state index contributed by atoms with van der Waals surface area (Å²) in [5.74, 6) is 0.522. The van der Waals surface area contributed by atoms with Crippen LogP contribution in [0, 0.1) is 12.8 Å². The van der Waals surface area contributed by atoms with Crippen molar-refractivity contribution in [1.29, 1.82) is 0 Å². The van der Waals surface area contributed by atoms with Gasteiger partial charge in [-0.3, -0.25) is 4.79 Å². The SMILES string of the molecule is Cc1cc(NC(=O)CC2CC3CCC(C2)N3)ccc1OCC(F)(F)F. The van der Waals surface area contributed by atoms with Crippen molar-refractivity contribution >= 4 is 11.6 Å². The molecule has 3 rings (SSSR count). The summed E-state index contributed by atoms with van der Waals surface area (Å²) in [6.07, 6.45) is 0.580. The van der Waals surface area contributed by atoms with Crippen LogP contribution in [0.25, 0.3) is 0 Å². The largest absolute Gasteiger partial charge is 0.484 e. The highest BCUT2D eigenvalue weighted by molar-refractivity contribution is 5.91. The molecule has 7 heteroatoms. The lowest BCUT2D eigenvalue weighted by molar-refractivity contribution is -0.153. The molecular weight excluding hydrogens is 333 g/mol. The van der Waals surface area contributed by atoms with Crippen molar-refractivity contribution in [1.82, 2.24) is 5.32 Å². The summed E-state index contributed by atoms with van der Waals surface area (Å²) < 4.78 is 41.4. The molecule has 2 heterocycles. The highest BCUT2D eigenvalue weighted by atomic mass is 19.4. The lowest BCUT2D eigenvalue weighted by atomic mass is 9.89. The Hall–Kier alpha value is -1.76. The first-order valence-corrected chi connectivity index (χ1v) is 8.64. The lowest BCUT2D eigenvalue weighted by Crippen LogP contribution is -2.39. The van der Waals surface area contributed by atoms with Gasteiger partial charge in [-0.2, -0.15) is 13.2 Å². The number of ether oxygens (including phenoxy) is 1. The molecule has 0 radical (unpaired) electrons. The van der Waals surface area contributed by atoms with Crippen molar-refractivity contribution in [2.75, 3.05) is 11.9 Å². The van der Waals surface area contributed by atoms with Crippen LogP contribution in [0.3, 0.4) is 0 Å². The number of aryl methyl sites for hydroxylation is 1. The summed E-state index contributed by atoms with van der Waals surface area (Å²) in [7, 11) is 0. The summed E-state index contributed by atoms with van der Waals surface area (Å²) in [6.45, 7) is 0.337. The van der Waals surface area contributed by atoms with Gasteiger partial charge in [-0.1, -0.05) is 0 Å². The Kier molecular flexibility index (Phi) is 5.22. The fourth-order valence-corrected chi connectivity index (χ4v) is 3.86. The van der Waals surface area contributed by atoms with E-state index in [1.54, 1.807) is 19.1 Å². The summed E-state index contributed by atoms with van der Waals surface area (Å²) in [5.41, 5.74) is 1.14. The topological polar surface area (TPSA) is 50.4 Å². The van der Waals surface area contributed by atoms with E-state index in [0.717, 1.165) is 12.8 Å². The second kappa shape index (κ2) is 7.23. The van der Waals surface area contributed by atoms with Crippen LogP contribution in [-0.2, 0) is 4.79 Å². The van der Waals surface area contributed by atoms with Gasteiger partial charge in [0, 0.05) is 24.2 Å². The molecule has 2 saturated heterocycles. The van der Waals surface area contributed by atoms with Crippen molar-refractivity contribution < 1.29 is 22.7 Å². The lowest BCUT2D eigenvalue weighted by Gasteiger charge is -2.28. The minimum atomic E-state index is -4.37. The molecule has 138 valence electrons. The number of carbonyl (C=O) groups excluding carboxylic acids is 1. The summed E-state index contributed by atoms with van der Waals surface area (Å²) in [6, 6.07) is 5.76. The minimum Gasteiger partial charge on any atom is -0.484 e. The van der Waals surface area contributed by atoms with Crippen LogP contribution >= 0.6 is 0 Å². The van der Waals surface area contributed by atoms with Gasteiger partial charge in [0.2, 0.25) is 5.91 Å². The number of fused-ring (bicyclic) bond motifs is 2. The molecule has 0 aliphatic carbocycles. The number of benzene rings is 1. The number of rotatable bonds is 5. The molecule has 25 heavy (non-hydrogen) atoms. The zero-order chi connectivity index (χ0) is 18.0. The fraction of sp³-hybridized carbons (Fsp3) is 0.611. The maximum Gasteiger partial charge on any atom is 0.422 e. The maximum atomic E-state index is 12.3. The Morgan fingerprint density at radius 2 is 1.96 bits per heavy atom. The van der Waals surface area contributed by atoms with Crippen LogP contribution in [0.5, 0.6) is 5.75 Å². The molecule has 1 amide bonds. The van der Waals surface area contributed by atoms with Gasteiger partial charge < -0.3 is 15.4 Å². The third kappa shape index (κ3) is 5.11. The molecule has 1 aromatic carbocycles. The highest BCUT2D eigenvalue weighted by Gasteiger charge is 2.34. The van der Waals surface area contributed by atoms with Crippen molar-refractivity contribution in [3.05, 3.63) is 23.8 Å². The Balaban J connectivity index is 1.52. The van der Waals surface area contributed by atoms with E-state index >= 15 is 0 Å².